The van der Waals surface area contributed by atoms with E-state index in [0.29, 0.717) is 16.7 Å². The number of carbonyl (C=O) groups is 1. The lowest BCUT2D eigenvalue weighted by Crippen LogP contribution is -2.53. The van der Waals surface area contributed by atoms with E-state index < -0.39 is 38.7 Å². The molecular formula is C21H20F2IN5O4S. The van der Waals surface area contributed by atoms with Crippen molar-refractivity contribution >= 4 is 49.7 Å². The van der Waals surface area contributed by atoms with Gasteiger partial charge in [0.25, 0.3) is 5.91 Å². The average molecular weight is 603 g/mol. The molecule has 1 saturated heterocycles. The molecule has 3 aromatic rings. The first-order valence-electron chi connectivity index (χ1n) is 10.0. The highest BCUT2D eigenvalue weighted by molar-refractivity contribution is 14.1. The maximum absolute atomic E-state index is 14.6. The van der Waals surface area contributed by atoms with Crippen molar-refractivity contribution in [1.29, 1.82) is 0 Å². The van der Waals surface area contributed by atoms with Gasteiger partial charge in [0.2, 0.25) is 15.3 Å². The van der Waals surface area contributed by atoms with Crippen LogP contribution in [0.15, 0.2) is 47.9 Å². The molecule has 0 saturated carbocycles. The third-order valence-corrected chi connectivity index (χ3v) is 7.79. The highest BCUT2D eigenvalue weighted by atomic mass is 127. The lowest BCUT2D eigenvalue weighted by molar-refractivity contribution is 0.0991. The van der Waals surface area contributed by atoms with Crippen LogP contribution in [-0.2, 0) is 16.9 Å². The molecule has 1 amide bonds. The van der Waals surface area contributed by atoms with Gasteiger partial charge in [0.1, 0.15) is 22.9 Å². The summed E-state index contributed by atoms with van der Waals surface area (Å²) >= 11 is 1.93. The smallest absolute Gasteiger partial charge is 0.254 e. The standard InChI is InChI=1S/C21H20F2IN5O4S/c1-29-9-18(27-10-29)34(31,32)21(11-7-26-8-11)33-17-5-12(22)4-16(19(17)20(25)30)28-15-3-2-13(24)6-14(15)23/h2-6,9-11,21,26,28H,7-8H2,1H3,(H2,25,30). The first-order valence-corrected chi connectivity index (χ1v) is 12.6. The van der Waals surface area contributed by atoms with Crippen LogP contribution in [0.4, 0.5) is 20.2 Å². The largest absolute Gasteiger partial charge is 0.473 e. The number of hydrogen-bond donors (Lipinski definition) is 3. The molecule has 1 unspecified atom stereocenters. The van der Waals surface area contributed by atoms with Crippen molar-refractivity contribution in [2.75, 3.05) is 18.4 Å². The number of nitrogens with two attached hydrogens (primary N) is 1. The number of carbonyl (C=O) groups excluding carboxylic acids is 1. The molecule has 0 aliphatic carbocycles. The van der Waals surface area contributed by atoms with Gasteiger partial charge in [-0.3, -0.25) is 4.79 Å². The number of nitrogens with one attached hydrogen (secondary N) is 2. The van der Waals surface area contributed by atoms with Crippen molar-refractivity contribution in [1.82, 2.24) is 14.9 Å². The summed E-state index contributed by atoms with van der Waals surface area (Å²) in [4.78, 5) is 16.3. The predicted molar refractivity (Wildman–Crippen MR) is 128 cm³/mol. The quantitative estimate of drug-likeness (QED) is 0.338. The van der Waals surface area contributed by atoms with Crippen LogP contribution in [0.5, 0.6) is 5.75 Å². The molecule has 1 fully saturated rings. The summed E-state index contributed by atoms with van der Waals surface area (Å²) < 4.78 is 63.4. The summed E-state index contributed by atoms with van der Waals surface area (Å²) in [6.45, 7) is 0.661. The monoisotopic (exact) mass is 603 g/mol. The Labute approximate surface area is 207 Å². The number of primary amides is 1. The lowest BCUT2D eigenvalue weighted by Gasteiger charge is -2.34. The highest BCUT2D eigenvalue weighted by Crippen LogP contribution is 2.35. The fourth-order valence-corrected chi connectivity index (χ4v) is 5.59. The van der Waals surface area contributed by atoms with E-state index in [1.165, 1.54) is 29.2 Å². The number of nitrogens with zero attached hydrogens (tertiary/aromatic N) is 2. The van der Waals surface area contributed by atoms with E-state index in [4.69, 9.17) is 10.5 Å². The van der Waals surface area contributed by atoms with Gasteiger partial charge in [-0.25, -0.2) is 22.2 Å². The second kappa shape index (κ2) is 9.46. The van der Waals surface area contributed by atoms with Gasteiger partial charge in [0.05, 0.1) is 17.7 Å². The molecule has 1 aliphatic rings. The molecule has 13 heteroatoms. The van der Waals surface area contributed by atoms with Crippen LogP contribution >= 0.6 is 22.6 Å². The number of amides is 1. The average Bonchev–Trinajstić information content (AvgIpc) is 3.15. The molecule has 180 valence electrons. The molecule has 4 rings (SSSR count). The van der Waals surface area contributed by atoms with Crippen molar-refractivity contribution < 1.29 is 26.7 Å². The molecule has 9 nitrogen and oxygen atoms in total. The fourth-order valence-electron chi connectivity index (χ4n) is 3.46. The van der Waals surface area contributed by atoms with E-state index in [9.17, 15) is 22.0 Å². The van der Waals surface area contributed by atoms with Crippen LogP contribution in [0.3, 0.4) is 0 Å². The van der Waals surface area contributed by atoms with Gasteiger partial charge < -0.3 is 25.7 Å². The van der Waals surface area contributed by atoms with Crippen LogP contribution in [-0.4, -0.2) is 42.4 Å². The minimum atomic E-state index is -4.13. The number of anilines is 2. The van der Waals surface area contributed by atoms with Crippen LogP contribution in [0.1, 0.15) is 10.4 Å². The van der Waals surface area contributed by atoms with Gasteiger partial charge in [-0.15, -0.1) is 0 Å². The molecule has 1 aliphatic heterocycles. The normalized spacial score (nSPS) is 14.9. The molecular weight excluding hydrogens is 583 g/mol. The minimum Gasteiger partial charge on any atom is -0.473 e. The third kappa shape index (κ3) is 4.86. The Morgan fingerprint density at radius 1 is 1.29 bits per heavy atom. The number of hydrogen-bond acceptors (Lipinski definition) is 7. The minimum absolute atomic E-state index is 0.0275. The summed E-state index contributed by atoms with van der Waals surface area (Å²) in [5.74, 6) is -3.35. The maximum atomic E-state index is 14.6. The van der Waals surface area contributed by atoms with Crippen molar-refractivity contribution in [3.8, 4) is 5.75 Å². The van der Waals surface area contributed by atoms with Crippen molar-refractivity contribution in [2.24, 2.45) is 18.7 Å². The van der Waals surface area contributed by atoms with Crippen molar-refractivity contribution in [2.45, 2.75) is 10.5 Å². The summed E-state index contributed by atoms with van der Waals surface area (Å²) in [7, 11) is -2.51. The van der Waals surface area contributed by atoms with Crippen LogP contribution in [0.25, 0.3) is 0 Å². The number of ether oxygens (including phenoxy) is 1. The molecule has 0 spiro atoms. The highest BCUT2D eigenvalue weighted by Gasteiger charge is 2.42. The molecule has 2 aromatic carbocycles. The fraction of sp³-hybridized carbons (Fsp3) is 0.238. The van der Waals surface area contributed by atoms with Crippen LogP contribution in [0.2, 0.25) is 0 Å². The van der Waals surface area contributed by atoms with E-state index in [1.54, 1.807) is 13.1 Å². The van der Waals surface area contributed by atoms with Gasteiger partial charge in [-0.1, -0.05) is 0 Å². The Balaban J connectivity index is 1.77. The third-order valence-electron chi connectivity index (χ3n) is 5.23. The van der Waals surface area contributed by atoms with E-state index in [0.717, 1.165) is 12.1 Å². The lowest BCUT2D eigenvalue weighted by atomic mass is 10.0. The zero-order chi connectivity index (χ0) is 24.6. The van der Waals surface area contributed by atoms with Crippen molar-refractivity contribution in [3.63, 3.8) is 0 Å². The number of aryl methyl sites for hydroxylation is 1. The van der Waals surface area contributed by atoms with Gasteiger partial charge in [-0.05, 0) is 46.9 Å². The number of rotatable bonds is 8. The number of benzene rings is 2. The topological polar surface area (TPSA) is 128 Å². The van der Waals surface area contributed by atoms with Crippen LogP contribution < -0.4 is 21.1 Å². The van der Waals surface area contributed by atoms with E-state index in [2.05, 4.69) is 15.6 Å². The molecule has 0 radical (unpaired) electrons. The zero-order valence-corrected chi connectivity index (χ0v) is 20.7. The summed E-state index contributed by atoms with van der Waals surface area (Å²) in [6.07, 6.45) is 2.66. The van der Waals surface area contributed by atoms with E-state index in [1.807, 2.05) is 22.6 Å². The number of halogens is 3. The molecule has 2 heterocycles. The Bertz CT molecular complexity index is 1360. The second-order valence-electron chi connectivity index (χ2n) is 7.77. The Kier molecular flexibility index (Phi) is 6.78. The van der Waals surface area contributed by atoms with Gasteiger partial charge in [0.15, 0.2) is 5.03 Å². The van der Waals surface area contributed by atoms with Gasteiger partial charge in [-0.2, -0.15) is 0 Å². The number of aromatic nitrogens is 2. The van der Waals surface area contributed by atoms with Gasteiger partial charge in [0, 0.05) is 41.9 Å². The molecule has 1 atom stereocenters. The molecule has 1 aromatic heterocycles. The van der Waals surface area contributed by atoms with Crippen LogP contribution in [0, 0.1) is 21.1 Å². The summed E-state index contributed by atoms with van der Waals surface area (Å²) in [6, 6.07) is 6.12. The molecule has 4 N–H and O–H groups in total. The number of sulfone groups is 1. The first kappa shape index (κ1) is 24.3. The maximum Gasteiger partial charge on any atom is 0.254 e. The van der Waals surface area contributed by atoms with E-state index >= 15 is 0 Å². The predicted octanol–water partition coefficient (Wildman–Crippen LogP) is 2.54. The SMILES string of the molecule is Cn1cnc(S(=O)(=O)C(Oc2cc(F)cc(Nc3ccc(I)cc3F)c2C(N)=O)C2CNC2)c1. The Morgan fingerprint density at radius 2 is 2.03 bits per heavy atom. The first-order chi connectivity index (χ1) is 16.1. The Hall–Kier alpha value is -2.78. The summed E-state index contributed by atoms with van der Waals surface area (Å²) in [5, 5.41) is 5.41. The molecule has 34 heavy (non-hydrogen) atoms. The summed E-state index contributed by atoms with van der Waals surface area (Å²) in [5.41, 5.74) is 3.58. The molecule has 0 bridgehead atoms. The Morgan fingerprint density at radius 3 is 2.59 bits per heavy atom. The number of imidazole rings is 1. The van der Waals surface area contributed by atoms with E-state index in [-0.39, 0.29) is 27.7 Å². The van der Waals surface area contributed by atoms with Gasteiger partial charge >= 0.3 is 0 Å². The second-order valence-corrected chi connectivity index (χ2v) is 11.0. The zero-order valence-electron chi connectivity index (χ0n) is 17.8. The van der Waals surface area contributed by atoms with Crippen molar-refractivity contribution in [3.05, 3.63) is 63.6 Å².